The van der Waals surface area contributed by atoms with Crippen molar-refractivity contribution in [2.45, 2.75) is 6.92 Å². The largest absolute Gasteiger partial charge is 0.354 e. The second-order valence-corrected chi connectivity index (χ2v) is 16.0. The maximum atomic E-state index is 12.0. The van der Waals surface area contributed by atoms with Gasteiger partial charge in [0.05, 0.1) is 39.3 Å². The van der Waals surface area contributed by atoms with Crippen LogP contribution in [-0.2, 0) is 4.79 Å². The van der Waals surface area contributed by atoms with Gasteiger partial charge in [-0.2, -0.15) is 0 Å². The summed E-state index contributed by atoms with van der Waals surface area (Å²) in [7, 11) is 0. The smallest absolute Gasteiger partial charge is 0.221 e. The van der Waals surface area contributed by atoms with Crippen molar-refractivity contribution in [3.05, 3.63) is 181 Å². The molecular weight excluding hydrogens is 789 g/mol. The zero-order valence-electron chi connectivity index (χ0n) is 34.5. The van der Waals surface area contributed by atoms with Crippen LogP contribution in [0.1, 0.15) is 29.7 Å². The van der Waals surface area contributed by atoms with Crippen LogP contribution < -0.4 is 5.32 Å². The molecule has 0 fully saturated rings. The van der Waals surface area contributed by atoms with E-state index in [0.29, 0.717) is 5.69 Å². The second-order valence-electron chi connectivity index (χ2n) is 16.0. The molecule has 0 atom stereocenters. The van der Waals surface area contributed by atoms with Crippen LogP contribution in [0, 0.1) is 0 Å². The summed E-state index contributed by atoms with van der Waals surface area (Å²) in [6.07, 6.45) is 14.1. The zero-order valence-corrected chi connectivity index (χ0v) is 34.5. The molecule has 0 saturated carbocycles. The Bertz CT molecular complexity index is 3730. The number of aromatic nitrogens is 7. The summed E-state index contributed by atoms with van der Waals surface area (Å²) in [5.74, 6) is -0.130. The maximum Gasteiger partial charge on any atom is 0.221 e. The summed E-state index contributed by atoms with van der Waals surface area (Å²) in [5.41, 5.74) is 17.4. The Morgan fingerprint density at radius 3 is 1.12 bits per heavy atom. The van der Waals surface area contributed by atoms with Crippen molar-refractivity contribution >= 4 is 90.7 Å². The monoisotopic (exact) mass is 824 g/mol. The van der Waals surface area contributed by atoms with E-state index in [2.05, 4.69) is 100 Å². The van der Waals surface area contributed by atoms with Crippen molar-refractivity contribution in [2.75, 3.05) is 5.32 Å². The third kappa shape index (κ3) is 6.51. The molecule has 1 amide bonds. The van der Waals surface area contributed by atoms with Gasteiger partial charge in [0, 0.05) is 108 Å². The molecule has 64 heavy (non-hydrogen) atoms. The maximum absolute atomic E-state index is 12.0. The summed E-state index contributed by atoms with van der Waals surface area (Å²) in [4.78, 5) is 45.3. The molecule has 10 aromatic rings. The van der Waals surface area contributed by atoms with E-state index in [-0.39, 0.29) is 5.91 Å². The van der Waals surface area contributed by atoms with Crippen LogP contribution in [0.5, 0.6) is 0 Å². The van der Waals surface area contributed by atoms with Gasteiger partial charge in [-0.05, 0) is 103 Å². The lowest BCUT2D eigenvalue weighted by Gasteiger charge is -2.08. The summed E-state index contributed by atoms with van der Waals surface area (Å²) < 4.78 is 0. The van der Waals surface area contributed by atoms with Gasteiger partial charge in [0.25, 0.3) is 0 Å². The normalized spacial score (nSPS) is 12.1. The van der Waals surface area contributed by atoms with Crippen LogP contribution in [0.3, 0.4) is 0 Å². The molecule has 2 aliphatic rings. The molecule has 302 valence electrons. The Balaban J connectivity index is 1.22. The number of carbonyl (C=O) groups excluding carboxylic acids is 1. The first-order chi connectivity index (χ1) is 31.5. The first-order valence-electron chi connectivity index (χ1n) is 21.1. The second kappa shape index (κ2) is 15.0. The van der Waals surface area contributed by atoms with E-state index in [9.17, 15) is 4.79 Å². The van der Waals surface area contributed by atoms with Gasteiger partial charge < -0.3 is 15.3 Å². The van der Waals surface area contributed by atoms with Crippen LogP contribution in [0.15, 0.2) is 158 Å². The Hall–Kier alpha value is -8.82. The summed E-state index contributed by atoms with van der Waals surface area (Å²) >= 11 is 0. The predicted molar refractivity (Wildman–Crippen MR) is 261 cm³/mol. The molecule has 0 radical (unpaired) electrons. The van der Waals surface area contributed by atoms with Gasteiger partial charge in [-0.15, -0.1) is 0 Å². The van der Waals surface area contributed by atoms with E-state index in [1.54, 1.807) is 0 Å². The molecular formula is C55H36N8O. The van der Waals surface area contributed by atoms with Gasteiger partial charge in [0.1, 0.15) is 0 Å². The number of benzene rings is 4. The van der Waals surface area contributed by atoms with Crippen molar-refractivity contribution in [2.24, 2.45) is 0 Å². The molecule has 2 aliphatic heterocycles. The van der Waals surface area contributed by atoms with Crippen LogP contribution >= 0.6 is 0 Å². The highest BCUT2D eigenvalue weighted by molar-refractivity contribution is 6.02. The van der Waals surface area contributed by atoms with Gasteiger partial charge >= 0.3 is 0 Å². The first kappa shape index (κ1) is 37.0. The molecule has 12 rings (SSSR count). The number of hydrogen-bond acceptors (Lipinski definition) is 6. The van der Waals surface area contributed by atoms with Crippen molar-refractivity contribution < 1.29 is 4.79 Å². The fourth-order valence-electron chi connectivity index (χ4n) is 8.97. The summed E-state index contributed by atoms with van der Waals surface area (Å²) in [5, 5.41) is 6.00. The Morgan fingerprint density at radius 1 is 0.422 bits per heavy atom. The van der Waals surface area contributed by atoms with Gasteiger partial charge in [0.15, 0.2) is 0 Å². The quantitative estimate of drug-likeness (QED) is 0.159. The van der Waals surface area contributed by atoms with Gasteiger partial charge in [-0.3, -0.25) is 19.7 Å². The third-order valence-electron chi connectivity index (χ3n) is 11.9. The van der Waals surface area contributed by atoms with Crippen molar-refractivity contribution in [3.8, 4) is 44.5 Å². The standard InChI is InChI=1S/C55H36N8O/c1-32(64)59-40-16-14-33(15-17-40)52-44-18-20-46(60-44)53(37-26-34-8-2-5-11-41(34)56-29-37)48-22-24-50(62-48)55(39-28-36-10-4-7-13-43(36)58-31-39)51-25-23-49(63-51)54(47-21-19-45(52)61-47)38-27-35-9-3-6-12-42(35)57-30-38/h2-31,60,63H,1H3,(H,59,64). The van der Waals surface area contributed by atoms with Crippen molar-refractivity contribution in [1.82, 2.24) is 34.9 Å². The van der Waals surface area contributed by atoms with Gasteiger partial charge in [-0.1, -0.05) is 66.7 Å². The molecule has 0 spiro atoms. The lowest BCUT2D eigenvalue weighted by atomic mass is 10.0. The number of fused-ring (bicyclic) bond motifs is 11. The number of para-hydroxylation sites is 3. The van der Waals surface area contributed by atoms with Crippen LogP contribution in [0.25, 0.3) is 124 Å². The van der Waals surface area contributed by atoms with E-state index in [0.717, 1.165) is 122 Å². The van der Waals surface area contributed by atoms with E-state index in [1.807, 2.05) is 97.5 Å². The number of nitrogens with one attached hydrogen (secondary N) is 3. The molecule has 4 aromatic carbocycles. The lowest BCUT2D eigenvalue weighted by molar-refractivity contribution is -0.114. The lowest BCUT2D eigenvalue weighted by Crippen LogP contribution is -2.05. The van der Waals surface area contributed by atoms with Crippen LogP contribution in [0.2, 0.25) is 0 Å². The number of rotatable bonds is 5. The summed E-state index contributed by atoms with van der Waals surface area (Å²) in [6.45, 7) is 1.51. The highest BCUT2D eigenvalue weighted by Crippen LogP contribution is 2.39. The van der Waals surface area contributed by atoms with Gasteiger partial charge in [-0.25, -0.2) is 9.97 Å². The molecule has 6 aromatic heterocycles. The van der Waals surface area contributed by atoms with Crippen molar-refractivity contribution in [3.63, 3.8) is 0 Å². The van der Waals surface area contributed by atoms with Crippen molar-refractivity contribution in [1.29, 1.82) is 0 Å². The molecule has 0 unspecified atom stereocenters. The minimum Gasteiger partial charge on any atom is -0.354 e. The van der Waals surface area contributed by atoms with E-state index in [1.165, 1.54) is 6.92 Å². The number of pyridine rings is 3. The average Bonchev–Trinajstić information content (AvgIpc) is 4.18. The highest BCUT2D eigenvalue weighted by atomic mass is 16.1. The molecule has 3 N–H and O–H groups in total. The van der Waals surface area contributed by atoms with E-state index < -0.39 is 0 Å². The van der Waals surface area contributed by atoms with Crippen LogP contribution in [-0.4, -0.2) is 40.8 Å². The summed E-state index contributed by atoms with van der Waals surface area (Å²) in [6, 6.07) is 47.3. The molecule has 8 bridgehead atoms. The molecule has 9 nitrogen and oxygen atoms in total. The molecule has 0 saturated heterocycles. The third-order valence-corrected chi connectivity index (χ3v) is 11.9. The first-order valence-corrected chi connectivity index (χ1v) is 21.1. The SMILES string of the molecule is CC(=O)Nc1ccc(-c2c3nc(c(-c4cnc5ccccc5c4)c4ccc([nH]4)c(-c4cnc5ccccc5c4)c4nc(c(-c5cnc6ccccc6c5)c5ccc2[nH]5)C=C4)C=C3)cc1. The van der Waals surface area contributed by atoms with E-state index >= 15 is 0 Å². The minimum atomic E-state index is -0.130. The van der Waals surface area contributed by atoms with E-state index in [4.69, 9.17) is 24.9 Å². The number of nitrogens with zero attached hydrogens (tertiary/aromatic N) is 5. The number of hydrogen-bond donors (Lipinski definition) is 3. The van der Waals surface area contributed by atoms with Gasteiger partial charge in [0.2, 0.25) is 5.91 Å². The topological polar surface area (TPSA) is 125 Å². The molecule has 8 heterocycles. The molecule has 9 heteroatoms. The zero-order chi connectivity index (χ0) is 42.7. The number of amides is 1. The Kier molecular flexibility index (Phi) is 8.65. The fraction of sp³-hybridized carbons (Fsp3) is 0.0182. The fourth-order valence-corrected chi connectivity index (χ4v) is 8.97. The number of anilines is 1. The van der Waals surface area contributed by atoms with Crippen LogP contribution in [0.4, 0.5) is 5.69 Å². The number of aromatic amines is 2. The predicted octanol–water partition coefficient (Wildman–Crippen LogP) is 12.9. The highest BCUT2D eigenvalue weighted by Gasteiger charge is 2.20. The minimum absolute atomic E-state index is 0.130. The Labute approximate surface area is 366 Å². The molecule has 0 aliphatic carbocycles. The number of carbonyl (C=O) groups is 1. The number of H-pyrrole nitrogens is 2. The Morgan fingerprint density at radius 2 is 0.766 bits per heavy atom. The average molecular weight is 825 g/mol.